The highest BCUT2D eigenvalue weighted by atomic mass is 16.3. The fraction of sp³-hybridized carbons (Fsp3) is 0.857. The lowest BCUT2D eigenvalue weighted by atomic mass is 9.43. The fourth-order valence-corrected chi connectivity index (χ4v) is 6.90. The molecule has 2 unspecified atom stereocenters. The van der Waals surface area contributed by atoms with E-state index in [1.807, 2.05) is 6.92 Å². The summed E-state index contributed by atoms with van der Waals surface area (Å²) in [4.78, 5) is 13.3. The minimum atomic E-state index is -0.596. The molecule has 3 aliphatic rings. The molecule has 0 heterocycles. The third-order valence-corrected chi connectivity index (χ3v) is 8.63. The molecule has 3 aliphatic carbocycles. The molecule has 130 valence electrons. The Morgan fingerprint density at radius 1 is 1.17 bits per heavy atom. The van der Waals surface area contributed by atoms with Gasteiger partial charge in [-0.25, -0.2) is 0 Å². The van der Waals surface area contributed by atoms with Crippen molar-refractivity contribution in [1.29, 1.82) is 0 Å². The van der Waals surface area contributed by atoms with Crippen molar-refractivity contribution in [1.82, 2.24) is 0 Å². The third-order valence-electron chi connectivity index (χ3n) is 8.63. The predicted molar refractivity (Wildman–Crippen MR) is 93.9 cm³/mol. The summed E-state index contributed by atoms with van der Waals surface area (Å²) in [5, 5.41) is 11.3. The summed E-state index contributed by atoms with van der Waals surface area (Å²) in [6, 6.07) is 0. The number of hydrogen-bond donors (Lipinski definition) is 1. The zero-order valence-corrected chi connectivity index (χ0v) is 15.6. The van der Waals surface area contributed by atoms with Gasteiger partial charge in [0.2, 0.25) is 0 Å². The van der Waals surface area contributed by atoms with Gasteiger partial charge in [0.05, 0.1) is 6.10 Å². The normalized spacial score (nSPS) is 56.6. The molecule has 3 saturated carbocycles. The lowest BCUT2D eigenvalue weighted by Gasteiger charge is -2.61. The summed E-state index contributed by atoms with van der Waals surface area (Å²) in [7, 11) is 0. The summed E-state index contributed by atoms with van der Waals surface area (Å²) >= 11 is 0. The lowest BCUT2D eigenvalue weighted by molar-refractivity contribution is -0.178. The Kier molecular flexibility index (Phi) is 3.87. The maximum Gasteiger partial charge on any atom is 0.145 e. The highest BCUT2D eigenvalue weighted by Crippen LogP contribution is 2.69. The first kappa shape index (κ1) is 17.2. The van der Waals surface area contributed by atoms with Gasteiger partial charge in [0.25, 0.3) is 0 Å². The zero-order valence-electron chi connectivity index (χ0n) is 15.6. The Hall–Kier alpha value is -0.630. The highest BCUT2D eigenvalue weighted by Gasteiger charge is 2.66. The molecule has 0 aromatic heterocycles. The number of hydrogen-bond acceptors (Lipinski definition) is 2. The molecule has 0 spiro atoms. The molecule has 0 radical (unpaired) electrons. The maximum atomic E-state index is 13.3. The number of ketones is 1. The van der Waals surface area contributed by atoms with Crippen LogP contribution >= 0.6 is 0 Å². The summed E-state index contributed by atoms with van der Waals surface area (Å²) in [5.74, 6) is 1.94. The van der Waals surface area contributed by atoms with Crippen LogP contribution in [0.1, 0.15) is 66.7 Å². The first-order chi connectivity index (χ1) is 10.6. The molecular formula is C21H34O2. The molecule has 0 amide bonds. The fourth-order valence-electron chi connectivity index (χ4n) is 6.90. The van der Waals surface area contributed by atoms with E-state index in [2.05, 4.69) is 34.3 Å². The molecule has 0 aromatic rings. The van der Waals surface area contributed by atoms with Crippen LogP contribution in [0.25, 0.3) is 0 Å². The zero-order chi connectivity index (χ0) is 17.2. The minimum absolute atomic E-state index is 0.0692. The van der Waals surface area contributed by atoms with Gasteiger partial charge < -0.3 is 5.11 Å². The lowest BCUT2D eigenvalue weighted by Crippen LogP contribution is -2.61. The number of allylic oxidation sites excluding steroid dienone is 1. The molecule has 0 aliphatic heterocycles. The number of aliphatic hydroxyl groups is 1. The topological polar surface area (TPSA) is 37.3 Å². The second-order valence-corrected chi connectivity index (χ2v) is 9.46. The molecule has 1 N–H and O–H groups in total. The monoisotopic (exact) mass is 318 g/mol. The SMILES string of the molecule is C=C[C@]1(C)C[C@@H](O)[C@]2(C)C(C)CC[C@]3(CC[C@@H](C)C32)[C@@H](C)C1=O. The molecule has 3 rings (SSSR count). The van der Waals surface area contributed by atoms with E-state index in [4.69, 9.17) is 0 Å². The van der Waals surface area contributed by atoms with Crippen LogP contribution in [0, 0.1) is 39.9 Å². The molecule has 23 heavy (non-hydrogen) atoms. The van der Waals surface area contributed by atoms with Gasteiger partial charge >= 0.3 is 0 Å². The van der Waals surface area contributed by atoms with Crippen molar-refractivity contribution in [3.8, 4) is 0 Å². The quantitative estimate of drug-likeness (QED) is 0.716. The van der Waals surface area contributed by atoms with Gasteiger partial charge in [-0.05, 0) is 67.6 Å². The van der Waals surface area contributed by atoms with Crippen LogP contribution in [0.4, 0.5) is 0 Å². The Morgan fingerprint density at radius 2 is 1.78 bits per heavy atom. The number of Topliss-reactive ketones (excluding diaryl/α,β-unsaturated/α-hetero) is 1. The van der Waals surface area contributed by atoms with Crippen LogP contribution in [0.2, 0.25) is 0 Å². The van der Waals surface area contributed by atoms with Gasteiger partial charge in [-0.3, -0.25) is 4.79 Å². The Labute approximate surface area is 141 Å². The average Bonchev–Trinajstić information content (AvgIpc) is 2.87. The third kappa shape index (κ3) is 2.00. The van der Waals surface area contributed by atoms with Crippen molar-refractivity contribution in [2.75, 3.05) is 0 Å². The first-order valence-electron chi connectivity index (χ1n) is 9.49. The van der Waals surface area contributed by atoms with Crippen molar-refractivity contribution in [3.63, 3.8) is 0 Å². The van der Waals surface area contributed by atoms with Crippen LogP contribution in [0.5, 0.6) is 0 Å². The van der Waals surface area contributed by atoms with E-state index in [-0.39, 0.29) is 16.7 Å². The number of aliphatic hydroxyl groups excluding tert-OH is 1. The van der Waals surface area contributed by atoms with Crippen molar-refractivity contribution < 1.29 is 9.90 Å². The Morgan fingerprint density at radius 3 is 2.39 bits per heavy atom. The van der Waals surface area contributed by atoms with Crippen molar-refractivity contribution >= 4 is 5.78 Å². The summed E-state index contributed by atoms with van der Waals surface area (Å²) in [6.45, 7) is 15.1. The maximum absolute atomic E-state index is 13.3. The van der Waals surface area contributed by atoms with Gasteiger partial charge in [-0.1, -0.05) is 33.8 Å². The number of carbonyl (C=O) groups is 1. The predicted octanol–water partition coefficient (Wildman–Crippen LogP) is 4.62. The van der Waals surface area contributed by atoms with Crippen LogP contribution in [-0.4, -0.2) is 17.0 Å². The summed E-state index contributed by atoms with van der Waals surface area (Å²) < 4.78 is 0. The van der Waals surface area contributed by atoms with E-state index >= 15 is 0 Å². The number of rotatable bonds is 1. The molecule has 0 saturated heterocycles. The van der Waals surface area contributed by atoms with Crippen molar-refractivity contribution in [2.24, 2.45) is 39.9 Å². The first-order valence-corrected chi connectivity index (χ1v) is 9.49. The molecule has 2 bridgehead atoms. The van der Waals surface area contributed by atoms with Crippen LogP contribution < -0.4 is 0 Å². The molecule has 2 heteroatoms. The molecule has 0 aromatic carbocycles. The van der Waals surface area contributed by atoms with E-state index < -0.39 is 11.5 Å². The van der Waals surface area contributed by atoms with Gasteiger partial charge in [-0.2, -0.15) is 0 Å². The summed E-state index contributed by atoms with van der Waals surface area (Å²) in [5.41, 5.74) is -0.599. The highest BCUT2D eigenvalue weighted by molar-refractivity contribution is 5.89. The molecule has 3 fully saturated rings. The van der Waals surface area contributed by atoms with Crippen LogP contribution in [0.15, 0.2) is 12.7 Å². The van der Waals surface area contributed by atoms with Gasteiger partial charge in [-0.15, -0.1) is 6.58 Å². The Bertz CT molecular complexity index is 526. The molecular weight excluding hydrogens is 284 g/mol. The van der Waals surface area contributed by atoms with Crippen molar-refractivity contribution in [2.45, 2.75) is 72.8 Å². The van der Waals surface area contributed by atoms with Gasteiger partial charge in [0.1, 0.15) is 5.78 Å². The van der Waals surface area contributed by atoms with Gasteiger partial charge in [0, 0.05) is 11.3 Å². The Balaban J connectivity index is 2.21. The smallest absolute Gasteiger partial charge is 0.145 e. The van der Waals surface area contributed by atoms with E-state index in [1.165, 1.54) is 6.42 Å². The number of carbonyl (C=O) groups excluding carboxylic acids is 1. The largest absolute Gasteiger partial charge is 0.392 e. The minimum Gasteiger partial charge on any atom is -0.392 e. The standard InChI is InChI=1S/C21H34O2/c1-7-19(5)12-16(22)20(6)14(3)9-11-21(15(4)18(19)23)10-8-13(2)17(20)21/h7,13-17,22H,1,8-12H2,2-6H3/t13-,14?,15+,16-,17?,19-,20+,21-/m1/s1. The van der Waals surface area contributed by atoms with Crippen molar-refractivity contribution in [3.05, 3.63) is 12.7 Å². The molecule has 2 nitrogen and oxygen atoms in total. The van der Waals surface area contributed by atoms with E-state index in [0.717, 1.165) is 19.3 Å². The van der Waals surface area contributed by atoms with Gasteiger partial charge in [0.15, 0.2) is 0 Å². The average molecular weight is 319 g/mol. The second kappa shape index (κ2) is 5.18. The molecule has 8 atom stereocenters. The summed E-state index contributed by atoms with van der Waals surface area (Å²) in [6.07, 6.45) is 6.52. The van der Waals surface area contributed by atoms with E-state index in [1.54, 1.807) is 6.08 Å². The van der Waals surface area contributed by atoms with E-state index in [9.17, 15) is 9.90 Å². The van der Waals surface area contributed by atoms with E-state index in [0.29, 0.717) is 30.0 Å². The van der Waals surface area contributed by atoms with Crippen LogP contribution in [0.3, 0.4) is 0 Å². The second-order valence-electron chi connectivity index (χ2n) is 9.46. The van der Waals surface area contributed by atoms with Crippen LogP contribution in [-0.2, 0) is 4.79 Å².